The summed E-state index contributed by atoms with van der Waals surface area (Å²) in [6.07, 6.45) is 0.479. The largest absolute Gasteiger partial charge is 0.325 e. The van der Waals surface area contributed by atoms with Gasteiger partial charge in [-0.05, 0) is 24.6 Å². The minimum absolute atomic E-state index is 0.143. The molecule has 1 aromatic heterocycles. The van der Waals surface area contributed by atoms with Gasteiger partial charge < -0.3 is 10.6 Å². The van der Waals surface area contributed by atoms with Crippen LogP contribution in [0.2, 0.25) is 0 Å². The number of hydrogen-bond acceptors (Lipinski definition) is 4. The first-order chi connectivity index (χ1) is 9.10. The average molecular weight is 273 g/mol. The summed E-state index contributed by atoms with van der Waals surface area (Å²) >= 11 is 1.63. The number of nitrogens with two attached hydrogens (primary N) is 1. The number of carbonyl (C=O) groups is 1. The van der Waals surface area contributed by atoms with E-state index < -0.39 is 0 Å². The number of hydrogen-bond donors (Lipinski definition) is 1. The van der Waals surface area contributed by atoms with E-state index in [-0.39, 0.29) is 5.91 Å². The summed E-state index contributed by atoms with van der Waals surface area (Å²) in [4.78, 5) is 19.1. The van der Waals surface area contributed by atoms with Crippen LogP contribution in [0, 0.1) is 6.92 Å². The Morgan fingerprint density at radius 3 is 2.95 bits per heavy atom. The Morgan fingerprint density at radius 1 is 1.47 bits per heavy atom. The molecule has 0 saturated carbocycles. The number of aryl methyl sites for hydroxylation is 1. The van der Waals surface area contributed by atoms with Crippen molar-refractivity contribution >= 4 is 22.9 Å². The van der Waals surface area contributed by atoms with E-state index in [4.69, 9.17) is 5.73 Å². The minimum Gasteiger partial charge on any atom is -0.325 e. The summed E-state index contributed by atoms with van der Waals surface area (Å²) in [6, 6.07) is 6.09. The van der Waals surface area contributed by atoms with Gasteiger partial charge in [0.05, 0.1) is 12.1 Å². The van der Waals surface area contributed by atoms with Crippen molar-refractivity contribution in [3.8, 4) is 11.3 Å². The maximum Gasteiger partial charge on any atom is 0.231 e. The molecule has 0 atom stereocenters. The van der Waals surface area contributed by atoms with Crippen molar-refractivity contribution in [2.45, 2.75) is 19.9 Å². The van der Waals surface area contributed by atoms with Crippen molar-refractivity contribution in [1.29, 1.82) is 0 Å². The summed E-state index contributed by atoms with van der Waals surface area (Å²) in [6.45, 7) is 2.52. The monoisotopic (exact) mass is 273 g/mol. The number of likely N-dealkylation sites (N-methyl/N-ethyl adjacent to an activating group) is 1. The fourth-order valence-electron chi connectivity index (χ4n) is 2.42. The summed E-state index contributed by atoms with van der Waals surface area (Å²) < 4.78 is 0. The zero-order chi connectivity index (χ0) is 13.6. The third-order valence-corrected chi connectivity index (χ3v) is 4.44. The molecule has 0 spiro atoms. The molecular formula is C14H15N3OS. The van der Waals surface area contributed by atoms with Crippen molar-refractivity contribution in [3.05, 3.63) is 33.6 Å². The van der Waals surface area contributed by atoms with Gasteiger partial charge in [0.2, 0.25) is 5.91 Å². The lowest BCUT2D eigenvalue weighted by Gasteiger charge is -2.10. The topological polar surface area (TPSA) is 59.2 Å². The van der Waals surface area contributed by atoms with E-state index in [1.54, 1.807) is 16.2 Å². The van der Waals surface area contributed by atoms with Gasteiger partial charge in [-0.15, -0.1) is 11.3 Å². The second-order valence-corrected chi connectivity index (χ2v) is 5.98. The first kappa shape index (κ1) is 12.3. The average Bonchev–Trinajstić information content (AvgIpc) is 2.91. The van der Waals surface area contributed by atoms with Crippen LogP contribution in [-0.2, 0) is 17.8 Å². The van der Waals surface area contributed by atoms with Crippen molar-refractivity contribution in [1.82, 2.24) is 4.98 Å². The number of thiazole rings is 1. The molecule has 1 aliphatic rings. The molecule has 1 aromatic carbocycles. The molecule has 1 amide bonds. The lowest BCUT2D eigenvalue weighted by molar-refractivity contribution is -0.117. The van der Waals surface area contributed by atoms with Crippen LogP contribution < -0.4 is 10.6 Å². The highest BCUT2D eigenvalue weighted by Crippen LogP contribution is 2.34. The van der Waals surface area contributed by atoms with Gasteiger partial charge >= 0.3 is 0 Å². The van der Waals surface area contributed by atoms with E-state index >= 15 is 0 Å². The van der Waals surface area contributed by atoms with Crippen LogP contribution in [0.15, 0.2) is 18.2 Å². The van der Waals surface area contributed by atoms with E-state index in [9.17, 15) is 4.79 Å². The van der Waals surface area contributed by atoms with Crippen LogP contribution in [0.3, 0.4) is 0 Å². The Balaban J connectivity index is 2.06. The predicted molar refractivity (Wildman–Crippen MR) is 77.3 cm³/mol. The molecule has 0 aliphatic carbocycles. The van der Waals surface area contributed by atoms with Gasteiger partial charge in [-0.1, -0.05) is 6.07 Å². The molecular weight excluding hydrogens is 258 g/mol. The molecule has 0 saturated heterocycles. The number of fused-ring (bicyclic) bond motifs is 1. The Bertz CT molecular complexity index is 663. The van der Waals surface area contributed by atoms with Crippen molar-refractivity contribution in [2.75, 3.05) is 11.9 Å². The molecule has 0 bridgehead atoms. The number of aromatic nitrogens is 1. The number of nitrogens with zero attached hydrogens (tertiary/aromatic N) is 2. The van der Waals surface area contributed by atoms with Crippen molar-refractivity contribution < 1.29 is 4.79 Å². The van der Waals surface area contributed by atoms with E-state index in [0.717, 1.165) is 32.4 Å². The SMILES string of the molecule is Cc1sc(CN)nc1-c1ccc2c(c1)CC(=O)N2C. The fraction of sp³-hybridized carbons (Fsp3) is 0.286. The molecule has 0 radical (unpaired) electrons. The maximum atomic E-state index is 11.7. The highest BCUT2D eigenvalue weighted by atomic mass is 32.1. The lowest BCUT2D eigenvalue weighted by atomic mass is 10.1. The zero-order valence-corrected chi connectivity index (χ0v) is 11.8. The van der Waals surface area contributed by atoms with Crippen molar-refractivity contribution in [3.63, 3.8) is 0 Å². The molecule has 4 nitrogen and oxygen atoms in total. The number of anilines is 1. The quantitative estimate of drug-likeness (QED) is 0.911. The highest BCUT2D eigenvalue weighted by Gasteiger charge is 2.24. The summed E-state index contributed by atoms with van der Waals surface area (Å²) in [5, 5.41) is 0.946. The molecule has 2 N–H and O–H groups in total. The number of benzene rings is 1. The summed E-state index contributed by atoms with van der Waals surface area (Å²) in [7, 11) is 1.81. The smallest absolute Gasteiger partial charge is 0.231 e. The van der Waals surface area contributed by atoms with E-state index in [0.29, 0.717) is 13.0 Å². The number of carbonyl (C=O) groups excluding carboxylic acids is 1. The van der Waals surface area contributed by atoms with Crippen LogP contribution >= 0.6 is 11.3 Å². The molecule has 3 rings (SSSR count). The standard InChI is InChI=1S/C14H15N3OS/c1-8-14(16-12(7-15)19-8)9-3-4-11-10(5-9)6-13(18)17(11)2/h3-5H,6-7,15H2,1-2H3. The van der Waals surface area contributed by atoms with Crippen molar-refractivity contribution in [2.24, 2.45) is 5.73 Å². The van der Waals surface area contributed by atoms with Gasteiger partial charge in [-0.25, -0.2) is 4.98 Å². The second kappa shape index (κ2) is 4.43. The van der Waals surface area contributed by atoms with Gasteiger partial charge in [0.25, 0.3) is 0 Å². The van der Waals surface area contributed by atoms with Gasteiger partial charge in [0.15, 0.2) is 0 Å². The summed E-state index contributed by atoms with van der Waals surface area (Å²) in [5.74, 6) is 0.143. The third-order valence-electron chi connectivity index (χ3n) is 3.45. The van der Waals surface area contributed by atoms with Gasteiger partial charge in [-0.2, -0.15) is 0 Å². The Kier molecular flexibility index (Phi) is 2.88. The molecule has 2 heterocycles. The van der Waals surface area contributed by atoms with E-state index in [1.807, 2.05) is 19.2 Å². The second-order valence-electron chi connectivity index (χ2n) is 4.69. The molecule has 2 aromatic rings. The van der Waals surface area contributed by atoms with Crippen LogP contribution in [0.1, 0.15) is 15.4 Å². The normalized spacial score (nSPS) is 14.1. The van der Waals surface area contributed by atoms with Gasteiger partial charge in [0.1, 0.15) is 5.01 Å². The van der Waals surface area contributed by atoms with Crippen LogP contribution in [0.4, 0.5) is 5.69 Å². The molecule has 5 heteroatoms. The van der Waals surface area contributed by atoms with E-state index in [2.05, 4.69) is 18.0 Å². The van der Waals surface area contributed by atoms with Gasteiger partial charge in [-0.3, -0.25) is 4.79 Å². The minimum atomic E-state index is 0.143. The molecule has 19 heavy (non-hydrogen) atoms. The van der Waals surface area contributed by atoms with Crippen LogP contribution in [0.5, 0.6) is 0 Å². The lowest BCUT2D eigenvalue weighted by Crippen LogP contribution is -2.20. The molecule has 98 valence electrons. The fourth-order valence-corrected chi connectivity index (χ4v) is 3.26. The highest BCUT2D eigenvalue weighted by molar-refractivity contribution is 7.12. The Labute approximate surface area is 115 Å². The maximum absolute atomic E-state index is 11.7. The van der Waals surface area contributed by atoms with Gasteiger partial charge in [0, 0.05) is 29.7 Å². The molecule has 0 unspecified atom stereocenters. The zero-order valence-electron chi connectivity index (χ0n) is 10.9. The number of rotatable bonds is 2. The molecule has 0 fully saturated rings. The third kappa shape index (κ3) is 1.95. The predicted octanol–water partition coefficient (Wildman–Crippen LogP) is 2.10. The van der Waals surface area contributed by atoms with Crippen LogP contribution in [-0.4, -0.2) is 17.9 Å². The summed E-state index contributed by atoms with van der Waals surface area (Å²) in [5.41, 5.74) is 9.76. The Morgan fingerprint density at radius 2 is 2.26 bits per heavy atom. The van der Waals surface area contributed by atoms with Crippen LogP contribution in [0.25, 0.3) is 11.3 Å². The number of amides is 1. The Hall–Kier alpha value is -1.72. The molecule has 1 aliphatic heterocycles. The first-order valence-electron chi connectivity index (χ1n) is 6.16. The first-order valence-corrected chi connectivity index (χ1v) is 6.98. The van der Waals surface area contributed by atoms with E-state index in [1.165, 1.54) is 0 Å².